The van der Waals surface area contributed by atoms with Crippen LogP contribution in [0.3, 0.4) is 0 Å². The lowest BCUT2D eigenvalue weighted by atomic mass is 9.93. The first-order valence-corrected chi connectivity index (χ1v) is 8.99. The van der Waals surface area contributed by atoms with Gasteiger partial charge in [-0.1, -0.05) is 17.7 Å². The Morgan fingerprint density at radius 2 is 1.96 bits per heavy atom. The van der Waals surface area contributed by atoms with E-state index in [1.807, 2.05) is 25.1 Å². The summed E-state index contributed by atoms with van der Waals surface area (Å²) in [6, 6.07) is 8.92. The summed E-state index contributed by atoms with van der Waals surface area (Å²) in [7, 11) is 0. The molecule has 1 aromatic heterocycles. The minimum absolute atomic E-state index is 0.0148. The lowest BCUT2D eigenvalue weighted by molar-refractivity contribution is -0.123. The molecule has 1 saturated heterocycles. The van der Waals surface area contributed by atoms with E-state index in [1.165, 1.54) is 6.07 Å². The summed E-state index contributed by atoms with van der Waals surface area (Å²) in [5.74, 6) is -0.816. The maximum Gasteiger partial charge on any atom is 0.405 e. The van der Waals surface area contributed by atoms with Crippen LogP contribution in [-0.2, 0) is 0 Å². The number of nitrogens with zero attached hydrogens (tertiary/aromatic N) is 2. The molecule has 0 unspecified atom stereocenters. The number of amides is 2. The van der Waals surface area contributed by atoms with E-state index in [9.17, 15) is 22.8 Å². The first-order valence-electron chi connectivity index (χ1n) is 8.99. The van der Waals surface area contributed by atoms with Crippen LogP contribution in [0.15, 0.2) is 30.3 Å². The van der Waals surface area contributed by atoms with Gasteiger partial charge in [-0.05, 0) is 38.0 Å². The Hall–Kier alpha value is -2.84. The number of H-pyrrole nitrogens is 1. The van der Waals surface area contributed by atoms with Gasteiger partial charge in [-0.3, -0.25) is 14.7 Å². The number of halogens is 3. The lowest BCUT2D eigenvalue weighted by Gasteiger charge is -2.31. The fourth-order valence-corrected chi connectivity index (χ4v) is 3.29. The maximum absolute atomic E-state index is 12.6. The van der Waals surface area contributed by atoms with Gasteiger partial charge in [0.2, 0.25) is 0 Å². The first-order chi connectivity index (χ1) is 13.2. The highest BCUT2D eigenvalue weighted by Crippen LogP contribution is 2.28. The van der Waals surface area contributed by atoms with Crippen molar-refractivity contribution in [1.29, 1.82) is 0 Å². The maximum atomic E-state index is 12.6. The molecule has 0 bridgehead atoms. The van der Waals surface area contributed by atoms with E-state index in [0.717, 1.165) is 5.56 Å². The molecule has 6 nitrogen and oxygen atoms in total. The Bertz CT molecular complexity index is 855. The number of aryl methyl sites for hydroxylation is 1. The van der Waals surface area contributed by atoms with E-state index in [2.05, 4.69) is 10.2 Å². The predicted octanol–water partition coefficient (Wildman–Crippen LogP) is 3.03. The van der Waals surface area contributed by atoms with Crippen molar-refractivity contribution in [2.24, 2.45) is 0 Å². The molecule has 2 heterocycles. The average molecular weight is 394 g/mol. The number of hydrogen-bond acceptors (Lipinski definition) is 3. The summed E-state index contributed by atoms with van der Waals surface area (Å²) in [6.45, 7) is 1.66. The van der Waals surface area contributed by atoms with Crippen molar-refractivity contribution in [3.05, 3.63) is 52.8 Å². The molecule has 0 atom stereocenters. The zero-order valence-electron chi connectivity index (χ0n) is 15.3. The fourth-order valence-electron chi connectivity index (χ4n) is 3.29. The molecule has 150 valence electrons. The zero-order valence-corrected chi connectivity index (χ0v) is 15.3. The summed E-state index contributed by atoms with van der Waals surface area (Å²) in [5, 5.41) is 8.36. The van der Waals surface area contributed by atoms with Crippen LogP contribution >= 0.6 is 0 Å². The number of nitrogens with one attached hydrogen (secondary N) is 2. The van der Waals surface area contributed by atoms with E-state index in [4.69, 9.17) is 0 Å². The number of benzene rings is 1. The van der Waals surface area contributed by atoms with Gasteiger partial charge in [0.05, 0.1) is 0 Å². The minimum atomic E-state index is -4.47. The van der Waals surface area contributed by atoms with E-state index < -0.39 is 18.6 Å². The van der Waals surface area contributed by atoms with E-state index in [-0.39, 0.29) is 17.5 Å². The van der Waals surface area contributed by atoms with Crippen molar-refractivity contribution >= 4 is 11.8 Å². The molecule has 2 N–H and O–H groups in total. The third kappa shape index (κ3) is 4.90. The molecule has 0 radical (unpaired) electrons. The summed E-state index contributed by atoms with van der Waals surface area (Å²) in [4.78, 5) is 26.2. The molecular weight excluding hydrogens is 373 g/mol. The van der Waals surface area contributed by atoms with Crippen LogP contribution in [0.1, 0.15) is 50.9 Å². The van der Waals surface area contributed by atoms with Crippen molar-refractivity contribution < 1.29 is 22.8 Å². The van der Waals surface area contributed by atoms with Crippen LogP contribution < -0.4 is 5.32 Å². The Morgan fingerprint density at radius 1 is 1.25 bits per heavy atom. The molecule has 0 spiro atoms. The molecule has 2 amide bonds. The largest absolute Gasteiger partial charge is 0.405 e. The van der Waals surface area contributed by atoms with Gasteiger partial charge in [-0.2, -0.15) is 18.3 Å². The number of aromatic nitrogens is 2. The van der Waals surface area contributed by atoms with Crippen LogP contribution in [0, 0.1) is 6.92 Å². The third-order valence-electron chi connectivity index (χ3n) is 4.77. The third-order valence-corrected chi connectivity index (χ3v) is 4.77. The van der Waals surface area contributed by atoms with Crippen molar-refractivity contribution in [1.82, 2.24) is 20.4 Å². The SMILES string of the molecule is Cc1cccc(C(=O)N2CCC(c3cc(C(=O)NCC(F)(F)F)n[nH]3)CC2)c1. The fraction of sp³-hybridized carbons (Fsp3) is 0.421. The van der Waals surface area contributed by atoms with Crippen LogP contribution in [0.4, 0.5) is 13.2 Å². The highest BCUT2D eigenvalue weighted by molar-refractivity contribution is 5.94. The normalized spacial score (nSPS) is 15.5. The first kappa shape index (κ1) is 19.9. The predicted molar refractivity (Wildman–Crippen MR) is 96.0 cm³/mol. The highest BCUT2D eigenvalue weighted by Gasteiger charge is 2.29. The molecular formula is C19H21F3N4O2. The molecule has 0 aliphatic carbocycles. The van der Waals surface area contributed by atoms with Crippen LogP contribution in [-0.4, -0.2) is 52.7 Å². The van der Waals surface area contributed by atoms with Gasteiger partial charge in [0.25, 0.3) is 11.8 Å². The molecule has 28 heavy (non-hydrogen) atoms. The second-order valence-electron chi connectivity index (χ2n) is 6.94. The van der Waals surface area contributed by atoms with Gasteiger partial charge in [0, 0.05) is 30.3 Å². The summed E-state index contributed by atoms with van der Waals surface area (Å²) in [6.07, 6.45) is -3.10. The quantitative estimate of drug-likeness (QED) is 0.837. The van der Waals surface area contributed by atoms with Crippen molar-refractivity contribution in [3.8, 4) is 0 Å². The van der Waals surface area contributed by atoms with Crippen molar-refractivity contribution in [3.63, 3.8) is 0 Å². The lowest BCUT2D eigenvalue weighted by Crippen LogP contribution is -2.38. The zero-order chi connectivity index (χ0) is 20.3. The monoisotopic (exact) mass is 394 g/mol. The highest BCUT2D eigenvalue weighted by atomic mass is 19.4. The summed E-state index contributed by atoms with van der Waals surface area (Å²) in [5.41, 5.74) is 2.30. The number of piperidine rings is 1. The number of aromatic amines is 1. The van der Waals surface area contributed by atoms with Gasteiger partial charge in [-0.15, -0.1) is 0 Å². The van der Waals surface area contributed by atoms with Crippen molar-refractivity contribution in [2.75, 3.05) is 19.6 Å². The topological polar surface area (TPSA) is 78.1 Å². The van der Waals surface area contributed by atoms with Gasteiger partial charge < -0.3 is 10.2 Å². The summed E-state index contributed by atoms with van der Waals surface area (Å²) >= 11 is 0. The second-order valence-corrected chi connectivity index (χ2v) is 6.94. The molecule has 1 aliphatic heterocycles. The van der Waals surface area contributed by atoms with Crippen molar-refractivity contribution in [2.45, 2.75) is 31.9 Å². The van der Waals surface area contributed by atoms with Gasteiger partial charge in [-0.25, -0.2) is 0 Å². The molecule has 1 fully saturated rings. The van der Waals surface area contributed by atoms with Gasteiger partial charge >= 0.3 is 6.18 Å². The Kier molecular flexibility index (Phi) is 5.71. The minimum Gasteiger partial charge on any atom is -0.342 e. The standard InChI is InChI=1S/C19H21F3N4O2/c1-12-3-2-4-14(9-12)18(28)26-7-5-13(6-8-26)15-10-16(25-24-15)17(27)23-11-19(20,21)22/h2-4,9-10,13H,5-8,11H2,1H3,(H,23,27)(H,24,25). The van der Waals surface area contributed by atoms with E-state index >= 15 is 0 Å². The van der Waals surface area contributed by atoms with Gasteiger partial charge in [0.15, 0.2) is 0 Å². The smallest absolute Gasteiger partial charge is 0.342 e. The summed E-state index contributed by atoms with van der Waals surface area (Å²) < 4.78 is 36.6. The van der Waals surface area contributed by atoms with Gasteiger partial charge in [0.1, 0.15) is 12.2 Å². The Labute approximate surface area is 160 Å². The number of rotatable bonds is 4. The van der Waals surface area contributed by atoms with Crippen LogP contribution in [0.2, 0.25) is 0 Å². The molecule has 0 saturated carbocycles. The van der Waals surface area contributed by atoms with Crippen LogP contribution in [0.5, 0.6) is 0 Å². The molecule has 3 rings (SSSR count). The molecule has 2 aromatic rings. The number of alkyl halides is 3. The van der Waals surface area contributed by atoms with Crippen LogP contribution in [0.25, 0.3) is 0 Å². The molecule has 9 heteroatoms. The molecule has 1 aromatic carbocycles. The number of likely N-dealkylation sites (tertiary alicyclic amines) is 1. The second kappa shape index (κ2) is 8.04. The van der Waals surface area contributed by atoms with E-state index in [1.54, 1.807) is 16.3 Å². The van der Waals surface area contributed by atoms with E-state index in [0.29, 0.717) is 37.2 Å². The number of hydrogen-bond donors (Lipinski definition) is 2. The number of carbonyl (C=O) groups excluding carboxylic acids is 2. The number of carbonyl (C=O) groups is 2. The Morgan fingerprint density at radius 3 is 2.61 bits per heavy atom. The Balaban J connectivity index is 1.56. The molecule has 1 aliphatic rings. The average Bonchev–Trinajstić information content (AvgIpc) is 3.15.